The fraction of sp³-hybridized carbons (Fsp3) is 0.533. The van der Waals surface area contributed by atoms with Crippen LogP contribution in [0, 0.1) is 18.3 Å². The van der Waals surface area contributed by atoms with E-state index in [0.29, 0.717) is 5.54 Å². The van der Waals surface area contributed by atoms with Gasteiger partial charge in [0.2, 0.25) is 5.91 Å². The van der Waals surface area contributed by atoms with E-state index >= 15 is 0 Å². The SMILES string of the molecule is Cc1ccc(-c2ccc(C3(N4CCN(C)CC4)CC3)cc2)cc1.N#CCNC(=O)C1(N)CCCCC1. The lowest BCUT2D eigenvalue weighted by molar-refractivity contribution is -0.127. The number of carbonyl (C=O) groups excluding carboxylic acids is 1. The third-order valence-corrected chi connectivity index (χ3v) is 8.17. The lowest BCUT2D eigenvalue weighted by Gasteiger charge is -2.38. The first-order valence-electron chi connectivity index (χ1n) is 13.4. The van der Waals surface area contributed by atoms with E-state index in [4.69, 9.17) is 11.0 Å². The summed E-state index contributed by atoms with van der Waals surface area (Å²) >= 11 is 0. The molecule has 6 nitrogen and oxygen atoms in total. The summed E-state index contributed by atoms with van der Waals surface area (Å²) in [6.45, 7) is 7.00. The van der Waals surface area contributed by atoms with Gasteiger partial charge in [-0.2, -0.15) is 5.26 Å². The third-order valence-electron chi connectivity index (χ3n) is 8.17. The summed E-state index contributed by atoms with van der Waals surface area (Å²) in [4.78, 5) is 16.6. The Morgan fingerprint density at radius 3 is 2.00 bits per heavy atom. The lowest BCUT2D eigenvalue weighted by Crippen LogP contribution is -2.55. The van der Waals surface area contributed by atoms with Crippen LogP contribution in [0.5, 0.6) is 0 Å². The number of carbonyl (C=O) groups is 1. The summed E-state index contributed by atoms with van der Waals surface area (Å²) in [7, 11) is 2.23. The third kappa shape index (κ3) is 6.15. The Hall–Kier alpha value is -2.72. The number of hydrogen-bond donors (Lipinski definition) is 2. The Morgan fingerprint density at radius 2 is 1.47 bits per heavy atom. The van der Waals surface area contributed by atoms with E-state index in [9.17, 15) is 4.79 Å². The highest BCUT2D eigenvalue weighted by molar-refractivity contribution is 5.86. The van der Waals surface area contributed by atoms with Crippen molar-refractivity contribution in [3.05, 3.63) is 59.7 Å². The van der Waals surface area contributed by atoms with Crippen molar-refractivity contribution in [1.29, 1.82) is 5.26 Å². The molecule has 1 saturated heterocycles. The summed E-state index contributed by atoms with van der Waals surface area (Å²) in [5.74, 6) is -0.172. The van der Waals surface area contributed by atoms with Crippen LogP contribution in [0.2, 0.25) is 0 Å². The number of likely N-dealkylation sites (N-methyl/N-ethyl adjacent to an activating group) is 1. The summed E-state index contributed by atoms with van der Waals surface area (Å²) in [5.41, 5.74) is 11.0. The number of aryl methyl sites for hydroxylation is 1. The average Bonchev–Trinajstić information content (AvgIpc) is 3.71. The number of benzene rings is 2. The van der Waals surface area contributed by atoms with Gasteiger partial charge in [0, 0.05) is 31.7 Å². The normalized spacial score (nSPS) is 20.9. The van der Waals surface area contributed by atoms with Crippen molar-refractivity contribution in [2.24, 2.45) is 5.73 Å². The van der Waals surface area contributed by atoms with Gasteiger partial charge in [0.15, 0.2) is 0 Å². The number of amides is 1. The van der Waals surface area contributed by atoms with E-state index in [-0.39, 0.29) is 12.5 Å². The van der Waals surface area contributed by atoms with Crippen molar-refractivity contribution in [2.75, 3.05) is 39.8 Å². The molecule has 192 valence electrons. The molecule has 2 aromatic carbocycles. The van der Waals surface area contributed by atoms with Gasteiger partial charge in [-0.15, -0.1) is 0 Å². The van der Waals surface area contributed by atoms with Crippen LogP contribution >= 0.6 is 0 Å². The van der Waals surface area contributed by atoms with Gasteiger partial charge in [0.05, 0.1) is 11.6 Å². The molecule has 3 N–H and O–H groups in total. The van der Waals surface area contributed by atoms with E-state index in [1.54, 1.807) is 0 Å². The minimum Gasteiger partial charge on any atom is -0.341 e. The predicted molar refractivity (Wildman–Crippen MR) is 145 cm³/mol. The number of piperazine rings is 1. The van der Waals surface area contributed by atoms with Crippen molar-refractivity contribution >= 4 is 5.91 Å². The van der Waals surface area contributed by atoms with Crippen LogP contribution in [0.15, 0.2) is 48.5 Å². The van der Waals surface area contributed by atoms with Crippen molar-refractivity contribution < 1.29 is 4.79 Å². The second-order valence-electron chi connectivity index (χ2n) is 10.8. The van der Waals surface area contributed by atoms with Crippen molar-refractivity contribution in [1.82, 2.24) is 15.1 Å². The molecule has 6 heteroatoms. The predicted octanol–water partition coefficient (Wildman–Crippen LogP) is 4.19. The van der Waals surface area contributed by atoms with Gasteiger partial charge >= 0.3 is 0 Å². The molecule has 1 heterocycles. The first kappa shape index (κ1) is 26.3. The minimum absolute atomic E-state index is 0.0534. The monoisotopic (exact) mass is 487 g/mol. The molecule has 2 aromatic rings. The molecule has 0 bridgehead atoms. The number of hydrogen-bond acceptors (Lipinski definition) is 5. The Kier molecular flexibility index (Phi) is 8.46. The number of nitrogens with one attached hydrogen (secondary N) is 1. The van der Waals surface area contributed by atoms with Crippen molar-refractivity contribution in [3.8, 4) is 17.2 Å². The average molecular weight is 488 g/mol. The van der Waals surface area contributed by atoms with Gasteiger partial charge in [-0.25, -0.2) is 0 Å². The van der Waals surface area contributed by atoms with Crippen molar-refractivity contribution in [2.45, 2.75) is 62.9 Å². The van der Waals surface area contributed by atoms with E-state index in [1.807, 2.05) is 6.07 Å². The second kappa shape index (κ2) is 11.6. The largest absolute Gasteiger partial charge is 0.341 e. The quantitative estimate of drug-likeness (QED) is 0.618. The van der Waals surface area contributed by atoms with Crippen molar-refractivity contribution in [3.63, 3.8) is 0 Å². The fourth-order valence-corrected chi connectivity index (χ4v) is 5.56. The molecule has 5 rings (SSSR count). The molecule has 0 atom stereocenters. The Balaban J connectivity index is 0.000000200. The maximum atomic E-state index is 11.5. The van der Waals surface area contributed by atoms with Crippen LogP contribution in [-0.2, 0) is 10.3 Å². The van der Waals surface area contributed by atoms with Crippen LogP contribution in [0.1, 0.15) is 56.1 Å². The molecule has 0 radical (unpaired) electrons. The van der Waals surface area contributed by atoms with Gasteiger partial charge in [-0.05, 0) is 56.3 Å². The van der Waals surface area contributed by atoms with Crippen LogP contribution in [0.25, 0.3) is 11.1 Å². The highest BCUT2D eigenvalue weighted by atomic mass is 16.2. The lowest BCUT2D eigenvalue weighted by atomic mass is 9.82. The molecule has 2 saturated carbocycles. The zero-order chi connectivity index (χ0) is 25.6. The highest BCUT2D eigenvalue weighted by Crippen LogP contribution is 2.51. The maximum absolute atomic E-state index is 11.5. The Labute approximate surface area is 216 Å². The van der Waals surface area contributed by atoms with Crippen LogP contribution in [-0.4, -0.2) is 61.0 Å². The van der Waals surface area contributed by atoms with Crippen LogP contribution < -0.4 is 11.1 Å². The summed E-state index contributed by atoms with van der Waals surface area (Å²) in [6, 6.07) is 20.0. The molecule has 1 aliphatic heterocycles. The summed E-state index contributed by atoms with van der Waals surface area (Å²) in [6.07, 6.45) is 7.30. The molecular formula is C30H41N5O. The molecule has 3 aliphatic rings. The maximum Gasteiger partial charge on any atom is 0.240 e. The van der Waals surface area contributed by atoms with E-state index in [2.05, 4.69) is 77.6 Å². The second-order valence-corrected chi connectivity index (χ2v) is 10.8. The number of nitriles is 1. The molecule has 2 aliphatic carbocycles. The zero-order valence-corrected chi connectivity index (χ0v) is 21.9. The first-order chi connectivity index (χ1) is 17.4. The minimum atomic E-state index is -0.713. The molecule has 0 aromatic heterocycles. The van der Waals surface area contributed by atoms with Gasteiger partial charge in [0.25, 0.3) is 0 Å². The number of nitrogens with two attached hydrogens (primary N) is 1. The van der Waals surface area contributed by atoms with E-state index in [0.717, 1.165) is 32.1 Å². The van der Waals surface area contributed by atoms with Crippen LogP contribution in [0.3, 0.4) is 0 Å². The fourth-order valence-electron chi connectivity index (χ4n) is 5.56. The first-order valence-corrected chi connectivity index (χ1v) is 13.4. The molecule has 1 amide bonds. The molecule has 0 unspecified atom stereocenters. The Morgan fingerprint density at radius 1 is 0.917 bits per heavy atom. The smallest absolute Gasteiger partial charge is 0.240 e. The number of rotatable bonds is 5. The molecule has 3 fully saturated rings. The zero-order valence-electron chi connectivity index (χ0n) is 21.9. The van der Waals surface area contributed by atoms with Gasteiger partial charge in [0.1, 0.15) is 6.54 Å². The Bertz CT molecular complexity index is 1040. The number of nitrogens with zero attached hydrogens (tertiary/aromatic N) is 3. The summed E-state index contributed by atoms with van der Waals surface area (Å²) in [5, 5.41) is 10.8. The van der Waals surface area contributed by atoms with E-state index < -0.39 is 5.54 Å². The molecule has 0 spiro atoms. The molecular weight excluding hydrogens is 446 g/mol. The van der Waals surface area contributed by atoms with Crippen LogP contribution in [0.4, 0.5) is 0 Å². The summed E-state index contributed by atoms with van der Waals surface area (Å²) < 4.78 is 0. The topological polar surface area (TPSA) is 85.4 Å². The molecule has 36 heavy (non-hydrogen) atoms. The highest BCUT2D eigenvalue weighted by Gasteiger charge is 2.49. The van der Waals surface area contributed by atoms with E-state index in [1.165, 1.54) is 61.3 Å². The standard InChI is InChI=1S/C21H26N2.C9H15N3O/c1-17-3-5-18(6-4-17)19-7-9-20(10-8-19)21(11-12-21)23-15-13-22(2)14-16-23;10-6-7-12-8(13)9(11)4-2-1-3-5-9/h3-10H,11-16H2,1-2H3;1-5,7,11H2,(H,12,13). The van der Waals surface area contributed by atoms with Gasteiger partial charge in [-0.1, -0.05) is 73.4 Å². The van der Waals surface area contributed by atoms with Gasteiger partial charge in [-0.3, -0.25) is 9.69 Å². The van der Waals surface area contributed by atoms with Gasteiger partial charge < -0.3 is 16.0 Å².